The van der Waals surface area contributed by atoms with Crippen LogP contribution in [-0.2, 0) is 4.74 Å². The molecule has 1 saturated heterocycles. The van der Waals surface area contributed by atoms with Gasteiger partial charge in [-0.1, -0.05) is 0 Å². The van der Waals surface area contributed by atoms with Crippen LogP contribution < -0.4 is 5.32 Å². The number of fused-ring (bicyclic) bond motifs is 1. The average Bonchev–Trinajstić information content (AvgIpc) is 2.51. The fourth-order valence-corrected chi connectivity index (χ4v) is 1.31. The summed E-state index contributed by atoms with van der Waals surface area (Å²) in [6.07, 6.45) is -0.634. The Morgan fingerprint density at radius 1 is 1.56 bits per heavy atom. The summed E-state index contributed by atoms with van der Waals surface area (Å²) in [5, 5.41) is 3.07. The minimum absolute atomic E-state index is 0.118. The van der Waals surface area contributed by atoms with Gasteiger partial charge in [-0.2, -0.15) is 0 Å². The molecule has 0 radical (unpaired) electrons. The zero-order chi connectivity index (χ0) is 6.27. The molecule has 2 fully saturated rings. The second kappa shape index (κ2) is 1.92. The van der Waals surface area contributed by atoms with Crippen molar-refractivity contribution in [3.8, 4) is 0 Å². The van der Waals surface area contributed by atoms with Gasteiger partial charge in [-0.05, 0) is 0 Å². The van der Waals surface area contributed by atoms with Gasteiger partial charge in [0.05, 0.1) is 13.2 Å². The lowest BCUT2D eigenvalue weighted by molar-refractivity contribution is 0.129. The first kappa shape index (κ1) is 5.62. The molecule has 2 rings (SSSR count). The van der Waals surface area contributed by atoms with Gasteiger partial charge in [-0.25, -0.2) is 4.39 Å². The van der Waals surface area contributed by atoms with Crippen LogP contribution in [0.15, 0.2) is 0 Å². The van der Waals surface area contributed by atoms with Crippen LogP contribution in [0.1, 0.15) is 0 Å². The summed E-state index contributed by atoms with van der Waals surface area (Å²) in [5.74, 6) is 0.160. The summed E-state index contributed by atoms with van der Waals surface area (Å²) >= 11 is 0. The van der Waals surface area contributed by atoms with E-state index >= 15 is 0 Å². The van der Waals surface area contributed by atoms with Gasteiger partial charge in [0.15, 0.2) is 0 Å². The molecule has 0 bridgehead atoms. The molecule has 1 N–H and O–H groups in total. The molecule has 3 heteroatoms. The molecule has 1 saturated carbocycles. The number of alkyl halides is 1. The lowest BCUT2D eigenvalue weighted by Gasteiger charge is -1.98. The summed E-state index contributed by atoms with van der Waals surface area (Å²) < 4.78 is 17.6. The zero-order valence-electron chi connectivity index (χ0n) is 5.14. The van der Waals surface area contributed by atoms with E-state index in [9.17, 15) is 4.39 Å². The molecule has 52 valence electrons. The first-order chi connectivity index (χ1) is 4.39. The Bertz CT molecular complexity index is 108. The summed E-state index contributed by atoms with van der Waals surface area (Å²) in [6, 6.07) is 0.118. The highest BCUT2D eigenvalue weighted by atomic mass is 19.1. The van der Waals surface area contributed by atoms with Gasteiger partial charge >= 0.3 is 0 Å². The number of ether oxygens (including phenoxy) is 1. The molecular weight excluding hydrogens is 121 g/mol. The maximum absolute atomic E-state index is 12.5. The second-order valence-corrected chi connectivity index (χ2v) is 2.66. The van der Waals surface area contributed by atoms with E-state index in [0.717, 1.165) is 13.2 Å². The van der Waals surface area contributed by atoms with Crippen molar-refractivity contribution in [3.05, 3.63) is 0 Å². The van der Waals surface area contributed by atoms with Crippen LogP contribution in [0.4, 0.5) is 4.39 Å². The number of nitrogens with one attached hydrogen (secondary N) is 1. The van der Waals surface area contributed by atoms with E-state index in [-0.39, 0.29) is 12.0 Å². The van der Waals surface area contributed by atoms with Gasteiger partial charge in [-0.15, -0.1) is 0 Å². The van der Waals surface area contributed by atoms with E-state index in [2.05, 4.69) is 5.32 Å². The van der Waals surface area contributed by atoms with Gasteiger partial charge in [-0.3, -0.25) is 0 Å². The van der Waals surface area contributed by atoms with Crippen molar-refractivity contribution in [2.75, 3.05) is 19.8 Å². The smallest absolute Gasteiger partial charge is 0.122 e. The van der Waals surface area contributed by atoms with Gasteiger partial charge in [0.25, 0.3) is 0 Å². The van der Waals surface area contributed by atoms with Crippen LogP contribution in [0.2, 0.25) is 0 Å². The molecule has 2 aliphatic rings. The molecular formula is C6H10FNO. The number of hydrogen-bond acceptors (Lipinski definition) is 2. The standard InChI is InChI=1S/C6H10FNO/c7-5-4-3-9-2-1-8-6(4)5/h4-6,8H,1-3H2/t4?,5-,6?/m1/s1. The Morgan fingerprint density at radius 2 is 2.44 bits per heavy atom. The Labute approximate surface area is 53.4 Å². The predicted molar refractivity (Wildman–Crippen MR) is 31.0 cm³/mol. The van der Waals surface area contributed by atoms with Crippen molar-refractivity contribution in [2.45, 2.75) is 12.2 Å². The monoisotopic (exact) mass is 131 g/mol. The molecule has 0 aromatic heterocycles. The fraction of sp³-hybridized carbons (Fsp3) is 1.00. The van der Waals surface area contributed by atoms with Crippen LogP contribution >= 0.6 is 0 Å². The topological polar surface area (TPSA) is 21.3 Å². The van der Waals surface area contributed by atoms with Gasteiger partial charge in [0.2, 0.25) is 0 Å². The SMILES string of the molecule is F[C@@H]1C2COCCNC21. The molecule has 0 aromatic carbocycles. The highest BCUT2D eigenvalue weighted by Gasteiger charge is 2.51. The minimum atomic E-state index is -0.634. The van der Waals surface area contributed by atoms with Crippen LogP contribution in [0.3, 0.4) is 0 Å². The summed E-state index contributed by atoms with van der Waals surface area (Å²) in [6.45, 7) is 2.15. The third-order valence-electron chi connectivity index (χ3n) is 2.01. The molecule has 0 aromatic rings. The van der Waals surface area contributed by atoms with Crippen molar-refractivity contribution in [2.24, 2.45) is 5.92 Å². The predicted octanol–water partition coefficient (Wildman–Crippen LogP) is -0.0573. The molecule has 1 aliphatic heterocycles. The molecule has 9 heavy (non-hydrogen) atoms. The lowest BCUT2D eigenvalue weighted by Crippen LogP contribution is -2.21. The lowest BCUT2D eigenvalue weighted by atomic mass is 10.4. The third-order valence-corrected chi connectivity index (χ3v) is 2.01. The van der Waals surface area contributed by atoms with Gasteiger partial charge in [0, 0.05) is 18.5 Å². The minimum Gasteiger partial charge on any atom is -0.380 e. The van der Waals surface area contributed by atoms with E-state index in [1.807, 2.05) is 0 Å². The maximum Gasteiger partial charge on any atom is 0.122 e. The fourth-order valence-electron chi connectivity index (χ4n) is 1.31. The number of rotatable bonds is 0. The molecule has 3 atom stereocenters. The Balaban J connectivity index is 1.93. The zero-order valence-corrected chi connectivity index (χ0v) is 5.14. The van der Waals surface area contributed by atoms with E-state index in [0.29, 0.717) is 6.61 Å². The summed E-state index contributed by atoms with van der Waals surface area (Å²) in [5.41, 5.74) is 0. The quantitative estimate of drug-likeness (QED) is 0.497. The molecule has 1 aliphatic carbocycles. The van der Waals surface area contributed by atoms with E-state index in [1.54, 1.807) is 0 Å². The van der Waals surface area contributed by atoms with Crippen molar-refractivity contribution in [1.29, 1.82) is 0 Å². The molecule has 0 spiro atoms. The second-order valence-electron chi connectivity index (χ2n) is 2.66. The molecule has 0 amide bonds. The van der Waals surface area contributed by atoms with Crippen molar-refractivity contribution in [1.82, 2.24) is 5.32 Å². The van der Waals surface area contributed by atoms with Gasteiger partial charge in [0.1, 0.15) is 6.17 Å². The van der Waals surface area contributed by atoms with E-state index < -0.39 is 6.17 Å². The summed E-state index contributed by atoms with van der Waals surface area (Å²) in [7, 11) is 0. The van der Waals surface area contributed by atoms with Crippen LogP contribution in [0, 0.1) is 5.92 Å². The number of halogens is 1. The molecule has 1 heterocycles. The first-order valence-electron chi connectivity index (χ1n) is 3.35. The van der Waals surface area contributed by atoms with Crippen molar-refractivity contribution in [3.63, 3.8) is 0 Å². The van der Waals surface area contributed by atoms with Crippen molar-refractivity contribution >= 4 is 0 Å². The third kappa shape index (κ3) is 0.843. The highest BCUT2D eigenvalue weighted by molar-refractivity contribution is 5.04. The first-order valence-corrected chi connectivity index (χ1v) is 3.35. The van der Waals surface area contributed by atoms with Crippen molar-refractivity contribution < 1.29 is 9.13 Å². The highest BCUT2D eigenvalue weighted by Crippen LogP contribution is 2.35. The Morgan fingerprint density at radius 3 is 3.33 bits per heavy atom. The Hall–Kier alpha value is -0.150. The maximum atomic E-state index is 12.5. The van der Waals surface area contributed by atoms with E-state index in [4.69, 9.17) is 4.74 Å². The largest absolute Gasteiger partial charge is 0.380 e. The van der Waals surface area contributed by atoms with E-state index in [1.165, 1.54) is 0 Å². The average molecular weight is 131 g/mol. The normalized spacial score (nSPS) is 49.7. The molecule has 2 unspecified atom stereocenters. The van der Waals surface area contributed by atoms with Gasteiger partial charge < -0.3 is 10.1 Å². The molecule has 2 nitrogen and oxygen atoms in total. The van der Waals surface area contributed by atoms with Crippen LogP contribution in [0.5, 0.6) is 0 Å². The van der Waals surface area contributed by atoms with Crippen LogP contribution in [-0.4, -0.2) is 32.0 Å². The van der Waals surface area contributed by atoms with Crippen LogP contribution in [0.25, 0.3) is 0 Å². The number of hydrogen-bond donors (Lipinski definition) is 1. The summed E-state index contributed by atoms with van der Waals surface area (Å²) in [4.78, 5) is 0. The Kier molecular flexibility index (Phi) is 1.20.